The van der Waals surface area contributed by atoms with Crippen LogP contribution in [0.2, 0.25) is 0 Å². The molecule has 0 radical (unpaired) electrons. The molecule has 1 unspecified atom stereocenters. The van der Waals surface area contributed by atoms with Crippen molar-refractivity contribution < 1.29 is 28.6 Å². The van der Waals surface area contributed by atoms with Gasteiger partial charge in [-0.05, 0) is 83.5 Å². The molecule has 0 fully saturated rings. The van der Waals surface area contributed by atoms with Crippen molar-refractivity contribution in [3.63, 3.8) is 0 Å². The Kier molecular flexibility index (Phi) is 50.0. The van der Waals surface area contributed by atoms with E-state index in [4.69, 9.17) is 14.2 Å². The molecule has 370 valence electrons. The van der Waals surface area contributed by atoms with Crippen molar-refractivity contribution in [2.45, 2.75) is 245 Å². The maximum absolute atomic E-state index is 12.8. The third-order valence-corrected chi connectivity index (χ3v) is 11.1. The highest BCUT2D eigenvalue weighted by molar-refractivity contribution is 5.71. The molecule has 0 aliphatic heterocycles. The van der Waals surface area contributed by atoms with Crippen LogP contribution in [0.25, 0.3) is 0 Å². The van der Waals surface area contributed by atoms with Crippen LogP contribution in [0.1, 0.15) is 239 Å². The van der Waals surface area contributed by atoms with Crippen LogP contribution < -0.4 is 0 Å². The average molecular weight is 903 g/mol. The predicted octanol–water partition coefficient (Wildman–Crippen LogP) is 17.8. The second-order valence-corrected chi connectivity index (χ2v) is 17.5. The third-order valence-electron chi connectivity index (χ3n) is 11.1. The highest BCUT2D eigenvalue weighted by Crippen LogP contribution is 2.14. The number of rotatable bonds is 47. The highest BCUT2D eigenvalue weighted by Gasteiger charge is 2.19. The molecule has 0 heterocycles. The van der Waals surface area contributed by atoms with Crippen LogP contribution in [-0.4, -0.2) is 37.2 Å². The van der Waals surface area contributed by atoms with Crippen LogP contribution >= 0.6 is 0 Å². The molecule has 0 aliphatic rings. The number of hydrogen-bond acceptors (Lipinski definition) is 6. The van der Waals surface area contributed by atoms with Gasteiger partial charge in [-0.1, -0.05) is 234 Å². The highest BCUT2D eigenvalue weighted by atomic mass is 16.6. The van der Waals surface area contributed by atoms with Gasteiger partial charge in [-0.15, -0.1) is 0 Å². The van der Waals surface area contributed by atoms with Crippen LogP contribution in [0.4, 0.5) is 0 Å². The van der Waals surface area contributed by atoms with Crippen LogP contribution in [0.15, 0.2) is 97.2 Å². The van der Waals surface area contributed by atoms with Gasteiger partial charge in [-0.2, -0.15) is 0 Å². The lowest BCUT2D eigenvalue weighted by Crippen LogP contribution is -2.30. The number of carbonyl (C=O) groups is 3. The molecule has 0 N–H and O–H groups in total. The molecule has 0 amide bonds. The Balaban J connectivity index is 4.51. The van der Waals surface area contributed by atoms with Gasteiger partial charge in [0.2, 0.25) is 0 Å². The van der Waals surface area contributed by atoms with Gasteiger partial charge in [-0.3, -0.25) is 14.4 Å². The molecule has 6 heteroatoms. The molecule has 0 aromatic rings. The SMILES string of the molecule is CC/C=C\C/C=C\C/C=C\C/C=C\C/C=C\CCCC(=O)OC(COC(=O)CCCCCCC\C=C/C=C\C=C/CCCCCCC)COC(=O)CCCCCCCCCCCCCC. The van der Waals surface area contributed by atoms with Gasteiger partial charge in [0.15, 0.2) is 6.10 Å². The van der Waals surface area contributed by atoms with Crippen LogP contribution in [0, 0.1) is 0 Å². The van der Waals surface area contributed by atoms with Crippen LogP contribution in [0.5, 0.6) is 0 Å². The molecule has 6 nitrogen and oxygen atoms in total. The maximum Gasteiger partial charge on any atom is 0.306 e. The standard InChI is InChI=1S/C59H98O6/c1-4-7-10-13-16-19-22-25-27-29-31-32-34-37-40-43-46-49-52-58(61)64-55-56(54-63-57(60)51-48-45-42-39-36-24-21-18-15-12-9-6-3)65-59(62)53-50-47-44-41-38-35-33-30-28-26-23-20-17-14-11-8-5-2/h8,11,17,20,22,25-29,31-33,35,41,44,56H,4-7,9-10,12-16,18-19,21,23-24,30,34,36-40,42-43,45-55H2,1-3H3/b11-8-,20-17-,25-22-,28-26-,29-27-,32-31-,35-33-,44-41-. The second kappa shape index (κ2) is 52.9. The Morgan fingerprint density at radius 3 is 1.09 bits per heavy atom. The summed E-state index contributed by atoms with van der Waals surface area (Å²) < 4.78 is 16.7. The van der Waals surface area contributed by atoms with Crippen molar-refractivity contribution in [2.24, 2.45) is 0 Å². The first-order chi connectivity index (χ1) is 32.0. The fraction of sp³-hybridized carbons (Fsp3) is 0.678. The Labute approximate surface area is 400 Å². The van der Waals surface area contributed by atoms with Crippen molar-refractivity contribution in [1.29, 1.82) is 0 Å². The van der Waals surface area contributed by atoms with Gasteiger partial charge in [0.05, 0.1) is 0 Å². The van der Waals surface area contributed by atoms with E-state index < -0.39 is 6.10 Å². The van der Waals surface area contributed by atoms with E-state index in [0.29, 0.717) is 19.3 Å². The zero-order valence-electron chi connectivity index (χ0n) is 42.2. The van der Waals surface area contributed by atoms with Crippen molar-refractivity contribution >= 4 is 17.9 Å². The molecule has 1 atom stereocenters. The Bertz CT molecular complexity index is 1310. The van der Waals surface area contributed by atoms with Crippen molar-refractivity contribution in [2.75, 3.05) is 13.2 Å². The maximum atomic E-state index is 12.8. The summed E-state index contributed by atoms with van der Waals surface area (Å²) in [5, 5.41) is 0. The fourth-order valence-corrected chi connectivity index (χ4v) is 7.13. The molecule has 0 bridgehead atoms. The molecule has 0 spiro atoms. The summed E-state index contributed by atoms with van der Waals surface area (Å²) in [5.41, 5.74) is 0. The summed E-state index contributed by atoms with van der Waals surface area (Å²) in [4.78, 5) is 38.0. The van der Waals surface area contributed by atoms with E-state index in [1.165, 1.54) is 89.9 Å². The molecule has 0 aromatic carbocycles. The van der Waals surface area contributed by atoms with E-state index in [2.05, 4.69) is 118 Å². The summed E-state index contributed by atoms with van der Waals surface area (Å²) in [7, 11) is 0. The van der Waals surface area contributed by atoms with Gasteiger partial charge in [0, 0.05) is 19.3 Å². The first kappa shape index (κ1) is 61.3. The van der Waals surface area contributed by atoms with Gasteiger partial charge < -0.3 is 14.2 Å². The summed E-state index contributed by atoms with van der Waals surface area (Å²) >= 11 is 0. The van der Waals surface area contributed by atoms with Gasteiger partial charge in [-0.25, -0.2) is 0 Å². The number of unbranched alkanes of at least 4 members (excludes halogenated alkanes) is 22. The topological polar surface area (TPSA) is 78.9 Å². The van der Waals surface area contributed by atoms with E-state index in [1.807, 2.05) is 0 Å². The van der Waals surface area contributed by atoms with E-state index in [-0.39, 0.29) is 37.5 Å². The Morgan fingerprint density at radius 1 is 0.338 bits per heavy atom. The minimum atomic E-state index is -0.815. The average Bonchev–Trinajstić information content (AvgIpc) is 3.30. The molecule has 0 saturated heterocycles. The largest absolute Gasteiger partial charge is 0.462 e. The lowest BCUT2D eigenvalue weighted by atomic mass is 10.0. The van der Waals surface area contributed by atoms with Gasteiger partial charge in [0.25, 0.3) is 0 Å². The first-order valence-electron chi connectivity index (χ1n) is 26.8. The lowest BCUT2D eigenvalue weighted by molar-refractivity contribution is -0.167. The van der Waals surface area contributed by atoms with E-state index in [9.17, 15) is 14.4 Å². The van der Waals surface area contributed by atoms with Crippen molar-refractivity contribution in [3.8, 4) is 0 Å². The quantitative estimate of drug-likeness (QED) is 0.0199. The normalized spacial score (nSPS) is 12.8. The fourth-order valence-electron chi connectivity index (χ4n) is 7.13. The number of ether oxygens (including phenoxy) is 3. The molecule has 65 heavy (non-hydrogen) atoms. The first-order valence-corrected chi connectivity index (χ1v) is 26.8. The molecule has 0 aliphatic carbocycles. The number of esters is 3. The molecular formula is C59H98O6. The lowest BCUT2D eigenvalue weighted by Gasteiger charge is -2.18. The molecule has 0 saturated carbocycles. The van der Waals surface area contributed by atoms with Crippen LogP contribution in [0.3, 0.4) is 0 Å². The summed E-state index contributed by atoms with van der Waals surface area (Å²) in [6, 6.07) is 0. The molecular weight excluding hydrogens is 805 g/mol. The van der Waals surface area contributed by atoms with E-state index in [0.717, 1.165) is 103 Å². The minimum absolute atomic E-state index is 0.106. The third kappa shape index (κ3) is 51.2. The van der Waals surface area contributed by atoms with Gasteiger partial charge >= 0.3 is 17.9 Å². The molecule has 0 rings (SSSR count). The van der Waals surface area contributed by atoms with E-state index >= 15 is 0 Å². The monoisotopic (exact) mass is 903 g/mol. The minimum Gasteiger partial charge on any atom is -0.462 e. The number of allylic oxidation sites excluding steroid dienone is 16. The Hall–Kier alpha value is -3.67. The van der Waals surface area contributed by atoms with Crippen molar-refractivity contribution in [1.82, 2.24) is 0 Å². The van der Waals surface area contributed by atoms with Gasteiger partial charge in [0.1, 0.15) is 13.2 Å². The summed E-state index contributed by atoms with van der Waals surface area (Å²) in [5.74, 6) is -0.986. The predicted molar refractivity (Wildman–Crippen MR) is 279 cm³/mol. The van der Waals surface area contributed by atoms with Crippen molar-refractivity contribution in [3.05, 3.63) is 97.2 Å². The summed E-state index contributed by atoms with van der Waals surface area (Å²) in [6.45, 7) is 6.44. The number of carbonyl (C=O) groups excluding carboxylic acids is 3. The number of hydrogen-bond donors (Lipinski definition) is 0. The second-order valence-electron chi connectivity index (χ2n) is 17.5. The zero-order chi connectivity index (χ0) is 47.2. The Morgan fingerprint density at radius 2 is 0.677 bits per heavy atom. The zero-order valence-corrected chi connectivity index (χ0v) is 42.2. The summed E-state index contributed by atoms with van der Waals surface area (Å²) in [6.07, 6.45) is 69.6. The van der Waals surface area contributed by atoms with E-state index in [1.54, 1.807) is 0 Å². The van der Waals surface area contributed by atoms with Crippen LogP contribution in [-0.2, 0) is 28.6 Å². The molecule has 0 aromatic heterocycles. The smallest absolute Gasteiger partial charge is 0.306 e.